The maximum Gasteiger partial charge on any atom is 0.261 e. The average Bonchev–Trinajstić information content (AvgIpc) is 2.89. The summed E-state index contributed by atoms with van der Waals surface area (Å²) in [4.78, 5) is 22.7. The van der Waals surface area contributed by atoms with Crippen LogP contribution in [-0.4, -0.2) is 16.0 Å². The lowest BCUT2D eigenvalue weighted by Crippen LogP contribution is -2.22. The number of hydrogen-bond donors (Lipinski definition) is 2. The molecule has 0 saturated heterocycles. The van der Waals surface area contributed by atoms with Gasteiger partial charge in [-0.25, -0.2) is 4.99 Å². The van der Waals surface area contributed by atoms with E-state index in [1.807, 2.05) is 73.7 Å². The molecule has 0 spiro atoms. The van der Waals surface area contributed by atoms with Crippen LogP contribution in [0.4, 0.5) is 11.4 Å². The van der Waals surface area contributed by atoms with E-state index in [9.17, 15) is 9.90 Å². The quantitative estimate of drug-likeness (QED) is 0.343. The Balaban J connectivity index is 1.72. The normalized spacial score (nSPS) is 11.8. The minimum absolute atomic E-state index is 0.191. The fourth-order valence-electron chi connectivity index (χ4n) is 4.21. The summed E-state index contributed by atoms with van der Waals surface area (Å²) >= 11 is 0. The molecule has 6 heteroatoms. The van der Waals surface area contributed by atoms with Crippen LogP contribution in [0.1, 0.15) is 34.1 Å². The zero-order valence-corrected chi connectivity index (χ0v) is 19.6. The first-order valence-corrected chi connectivity index (χ1v) is 11.5. The van der Waals surface area contributed by atoms with Gasteiger partial charge in [0, 0.05) is 28.2 Å². The Kier molecular flexibility index (Phi) is 6.12. The Morgan fingerprint density at radius 2 is 1.77 bits per heavy atom. The monoisotopic (exact) mass is 463 g/mol. The smallest absolute Gasteiger partial charge is 0.261 e. The Bertz CT molecular complexity index is 1630. The number of fused-ring (bicyclic) bond motifs is 2. The Labute approximate surface area is 202 Å². The summed E-state index contributed by atoms with van der Waals surface area (Å²) in [7, 11) is 0. The fraction of sp³-hybridized carbons (Fsp3) is 0.138. The predicted molar refractivity (Wildman–Crippen MR) is 138 cm³/mol. The number of aromatic nitrogens is 1. The molecule has 0 saturated carbocycles. The maximum absolute atomic E-state index is 13.6. The second-order valence-electron chi connectivity index (χ2n) is 8.31. The molecule has 2 heterocycles. The number of para-hydroxylation sites is 1. The van der Waals surface area contributed by atoms with Gasteiger partial charge in [0.25, 0.3) is 5.91 Å². The highest BCUT2D eigenvalue weighted by Crippen LogP contribution is 2.26. The number of carbonyl (C=O) groups excluding carboxylic acids is 1. The van der Waals surface area contributed by atoms with Gasteiger partial charge in [0.1, 0.15) is 5.56 Å². The molecule has 0 aliphatic heterocycles. The van der Waals surface area contributed by atoms with Gasteiger partial charge in [-0.15, -0.1) is 0 Å². The van der Waals surface area contributed by atoms with Crippen molar-refractivity contribution < 1.29 is 14.3 Å². The number of hydrogen-bond acceptors (Lipinski definition) is 5. The van der Waals surface area contributed by atoms with E-state index < -0.39 is 0 Å². The van der Waals surface area contributed by atoms with Crippen LogP contribution in [0.5, 0.6) is 0 Å². The number of aliphatic hydroxyl groups excluding tert-OH is 1. The standard InChI is InChI=1S/C29H25N3O3/c1-3-19-9-5-7-13-25(19)32-29-24(15-23-21(17-33)16-30-18(2)27(23)35-29)28(34)31-26-14-8-11-20-10-4-6-12-22(20)26/h4-16,33H,3,17H2,1-2H3,(H,31,34). The number of aryl methyl sites for hydroxylation is 2. The van der Waals surface area contributed by atoms with E-state index in [0.717, 1.165) is 28.4 Å². The van der Waals surface area contributed by atoms with Crippen molar-refractivity contribution in [2.24, 2.45) is 4.99 Å². The third kappa shape index (κ3) is 4.32. The molecule has 174 valence electrons. The Hall–Kier alpha value is -4.29. The summed E-state index contributed by atoms with van der Waals surface area (Å²) in [5.41, 5.74) is 4.66. The minimum atomic E-state index is -0.349. The van der Waals surface area contributed by atoms with Gasteiger partial charge in [-0.2, -0.15) is 0 Å². The molecule has 0 bridgehead atoms. The summed E-state index contributed by atoms with van der Waals surface area (Å²) in [6.07, 6.45) is 2.39. The second-order valence-corrected chi connectivity index (χ2v) is 8.31. The van der Waals surface area contributed by atoms with E-state index >= 15 is 0 Å². The van der Waals surface area contributed by atoms with Crippen LogP contribution in [0.3, 0.4) is 0 Å². The van der Waals surface area contributed by atoms with Gasteiger partial charge < -0.3 is 14.8 Å². The molecule has 0 fully saturated rings. The van der Waals surface area contributed by atoms with Crippen LogP contribution >= 0.6 is 0 Å². The molecular formula is C29H25N3O3. The Morgan fingerprint density at radius 3 is 2.60 bits per heavy atom. The zero-order chi connectivity index (χ0) is 24.4. The number of anilines is 1. The molecule has 1 amide bonds. The lowest BCUT2D eigenvalue weighted by atomic mass is 10.1. The molecule has 2 N–H and O–H groups in total. The molecule has 0 aliphatic carbocycles. The lowest BCUT2D eigenvalue weighted by Gasteiger charge is -2.11. The highest BCUT2D eigenvalue weighted by Gasteiger charge is 2.17. The molecule has 5 rings (SSSR count). The Morgan fingerprint density at radius 1 is 1.00 bits per heavy atom. The first kappa shape index (κ1) is 22.5. The lowest BCUT2D eigenvalue weighted by molar-refractivity contribution is 0.102. The summed E-state index contributed by atoms with van der Waals surface area (Å²) < 4.78 is 6.21. The molecule has 5 aromatic rings. The van der Waals surface area contributed by atoms with Crippen molar-refractivity contribution in [2.75, 3.05) is 5.32 Å². The molecule has 0 aliphatic rings. The van der Waals surface area contributed by atoms with Gasteiger partial charge in [0.2, 0.25) is 5.55 Å². The number of nitrogens with zero attached hydrogens (tertiary/aromatic N) is 2. The number of aliphatic hydroxyl groups is 1. The van der Waals surface area contributed by atoms with Gasteiger partial charge in [-0.3, -0.25) is 9.78 Å². The average molecular weight is 464 g/mol. The number of rotatable bonds is 5. The van der Waals surface area contributed by atoms with Crippen molar-refractivity contribution in [3.05, 3.63) is 107 Å². The third-order valence-corrected chi connectivity index (χ3v) is 6.10. The van der Waals surface area contributed by atoms with Crippen LogP contribution in [-0.2, 0) is 13.0 Å². The van der Waals surface area contributed by atoms with Crippen LogP contribution < -0.4 is 10.9 Å². The molecule has 35 heavy (non-hydrogen) atoms. The van der Waals surface area contributed by atoms with Crippen molar-refractivity contribution in [1.29, 1.82) is 0 Å². The number of carbonyl (C=O) groups is 1. The first-order chi connectivity index (χ1) is 17.1. The first-order valence-electron chi connectivity index (χ1n) is 11.5. The molecule has 0 atom stereocenters. The van der Waals surface area contributed by atoms with E-state index in [2.05, 4.69) is 17.2 Å². The molecule has 2 aromatic heterocycles. The van der Waals surface area contributed by atoms with Crippen molar-refractivity contribution >= 4 is 39.0 Å². The van der Waals surface area contributed by atoms with E-state index in [4.69, 9.17) is 9.41 Å². The van der Waals surface area contributed by atoms with Crippen LogP contribution in [0.15, 0.2) is 88.4 Å². The zero-order valence-electron chi connectivity index (χ0n) is 19.6. The van der Waals surface area contributed by atoms with Crippen molar-refractivity contribution in [3.8, 4) is 0 Å². The van der Waals surface area contributed by atoms with Crippen molar-refractivity contribution in [2.45, 2.75) is 26.9 Å². The highest BCUT2D eigenvalue weighted by molar-refractivity contribution is 6.10. The molecular weight excluding hydrogens is 438 g/mol. The molecule has 6 nitrogen and oxygen atoms in total. The third-order valence-electron chi connectivity index (χ3n) is 6.10. The minimum Gasteiger partial charge on any atom is -0.436 e. The topological polar surface area (TPSA) is 87.7 Å². The van der Waals surface area contributed by atoms with Gasteiger partial charge in [-0.1, -0.05) is 61.5 Å². The molecule has 0 radical (unpaired) electrons. The van der Waals surface area contributed by atoms with Crippen molar-refractivity contribution in [3.63, 3.8) is 0 Å². The highest BCUT2D eigenvalue weighted by atomic mass is 16.3. The number of amides is 1. The fourth-order valence-corrected chi connectivity index (χ4v) is 4.21. The summed E-state index contributed by atoms with van der Waals surface area (Å²) in [6.45, 7) is 3.66. The SMILES string of the molecule is CCc1ccccc1N=c1oc2c(C)ncc(CO)c2cc1C(=O)Nc1cccc2ccccc12. The maximum atomic E-state index is 13.6. The number of pyridine rings is 1. The van der Waals surface area contributed by atoms with Crippen LogP contribution in [0, 0.1) is 6.92 Å². The van der Waals surface area contributed by atoms with Gasteiger partial charge in [-0.05, 0) is 42.5 Å². The number of nitrogens with one attached hydrogen (secondary N) is 1. The van der Waals surface area contributed by atoms with Gasteiger partial charge in [0.15, 0.2) is 5.58 Å². The van der Waals surface area contributed by atoms with Gasteiger partial charge >= 0.3 is 0 Å². The summed E-state index contributed by atoms with van der Waals surface area (Å²) in [6, 6.07) is 23.2. The number of benzene rings is 3. The summed E-state index contributed by atoms with van der Waals surface area (Å²) in [5, 5.41) is 15.5. The molecule has 3 aromatic carbocycles. The van der Waals surface area contributed by atoms with E-state index in [-0.39, 0.29) is 23.6 Å². The second kappa shape index (κ2) is 9.52. The summed E-state index contributed by atoms with van der Waals surface area (Å²) in [5.74, 6) is -0.349. The van der Waals surface area contributed by atoms with Crippen LogP contribution in [0.2, 0.25) is 0 Å². The van der Waals surface area contributed by atoms with Gasteiger partial charge in [0.05, 0.1) is 18.0 Å². The molecule has 0 unspecified atom stereocenters. The van der Waals surface area contributed by atoms with E-state index in [1.54, 1.807) is 12.3 Å². The largest absolute Gasteiger partial charge is 0.436 e. The van der Waals surface area contributed by atoms with E-state index in [1.165, 1.54) is 0 Å². The van der Waals surface area contributed by atoms with Crippen LogP contribution in [0.25, 0.3) is 21.7 Å². The van der Waals surface area contributed by atoms with E-state index in [0.29, 0.717) is 27.9 Å². The predicted octanol–water partition coefficient (Wildman–Crippen LogP) is 5.83. The van der Waals surface area contributed by atoms with Crippen molar-refractivity contribution in [1.82, 2.24) is 4.98 Å².